The molecular formula is C17H15NO3. The van der Waals surface area contributed by atoms with Crippen molar-refractivity contribution in [3.05, 3.63) is 69.6 Å². The van der Waals surface area contributed by atoms with Gasteiger partial charge in [0.15, 0.2) is 11.8 Å². The van der Waals surface area contributed by atoms with Gasteiger partial charge in [-0.05, 0) is 41.8 Å². The molecule has 0 heterocycles. The maximum Gasteiger partial charge on any atom is 0.191 e. The van der Waals surface area contributed by atoms with Gasteiger partial charge in [-0.3, -0.25) is 4.79 Å². The Labute approximate surface area is 122 Å². The smallest absolute Gasteiger partial charge is 0.191 e. The Bertz CT molecular complexity index is 709. The number of hydrogen-bond donors (Lipinski definition) is 0. The number of rotatable bonds is 4. The number of fused-ring (bicyclic) bond motifs is 1. The van der Waals surface area contributed by atoms with Crippen LogP contribution in [0.15, 0.2) is 47.6 Å². The highest BCUT2D eigenvalue weighted by Crippen LogP contribution is 2.28. The number of aryl methyl sites for hydroxylation is 1. The van der Waals surface area contributed by atoms with Gasteiger partial charge in [-0.2, -0.15) is 4.91 Å². The lowest BCUT2D eigenvalue weighted by Gasteiger charge is -2.09. The second-order valence-corrected chi connectivity index (χ2v) is 5.22. The lowest BCUT2D eigenvalue weighted by Crippen LogP contribution is -2.11. The first-order chi connectivity index (χ1) is 10.2. The summed E-state index contributed by atoms with van der Waals surface area (Å²) in [5.41, 5.74) is 3.73. The van der Waals surface area contributed by atoms with Crippen LogP contribution in [0.3, 0.4) is 0 Å². The van der Waals surface area contributed by atoms with Gasteiger partial charge in [0.2, 0.25) is 0 Å². The molecule has 2 aromatic rings. The maximum atomic E-state index is 11.8. The SMILES string of the molecule is Cc1ccccc1COc1ccc2c(c1)CC(N=O)C2=O. The minimum atomic E-state index is -0.772. The van der Waals surface area contributed by atoms with Gasteiger partial charge >= 0.3 is 0 Å². The lowest BCUT2D eigenvalue weighted by molar-refractivity contribution is 0.0975. The van der Waals surface area contributed by atoms with E-state index in [0.717, 1.165) is 11.1 Å². The first kappa shape index (κ1) is 13.5. The second kappa shape index (κ2) is 5.48. The summed E-state index contributed by atoms with van der Waals surface area (Å²) in [5.74, 6) is 0.516. The Kier molecular flexibility index (Phi) is 3.52. The molecule has 0 fully saturated rings. The molecule has 0 saturated carbocycles. The van der Waals surface area contributed by atoms with Gasteiger partial charge in [0.05, 0.1) is 0 Å². The van der Waals surface area contributed by atoms with Gasteiger partial charge in [0, 0.05) is 12.0 Å². The first-order valence-corrected chi connectivity index (χ1v) is 6.86. The zero-order chi connectivity index (χ0) is 14.8. The van der Waals surface area contributed by atoms with E-state index < -0.39 is 6.04 Å². The molecule has 0 spiro atoms. The van der Waals surface area contributed by atoms with E-state index in [-0.39, 0.29) is 5.78 Å². The fraction of sp³-hybridized carbons (Fsp3) is 0.235. The fourth-order valence-corrected chi connectivity index (χ4v) is 2.57. The van der Waals surface area contributed by atoms with E-state index in [1.165, 1.54) is 5.56 Å². The highest BCUT2D eigenvalue weighted by atomic mass is 16.5. The van der Waals surface area contributed by atoms with Crippen LogP contribution in [0.25, 0.3) is 0 Å². The van der Waals surface area contributed by atoms with E-state index >= 15 is 0 Å². The van der Waals surface area contributed by atoms with Crippen LogP contribution in [0.4, 0.5) is 0 Å². The summed E-state index contributed by atoms with van der Waals surface area (Å²) in [5, 5.41) is 2.88. The molecule has 4 nitrogen and oxygen atoms in total. The van der Waals surface area contributed by atoms with Gasteiger partial charge in [0.1, 0.15) is 12.4 Å². The molecule has 0 bridgehead atoms. The molecule has 2 aromatic carbocycles. The molecule has 3 rings (SSSR count). The average molecular weight is 281 g/mol. The molecule has 106 valence electrons. The fourth-order valence-electron chi connectivity index (χ4n) is 2.57. The Morgan fingerprint density at radius 3 is 2.81 bits per heavy atom. The lowest BCUT2D eigenvalue weighted by atomic mass is 10.1. The van der Waals surface area contributed by atoms with Crippen molar-refractivity contribution in [3.63, 3.8) is 0 Å². The third-order valence-corrected chi connectivity index (χ3v) is 3.84. The van der Waals surface area contributed by atoms with Crippen molar-refractivity contribution in [1.29, 1.82) is 0 Å². The van der Waals surface area contributed by atoms with Crippen LogP contribution in [0.1, 0.15) is 27.0 Å². The first-order valence-electron chi connectivity index (χ1n) is 6.86. The second-order valence-electron chi connectivity index (χ2n) is 5.22. The summed E-state index contributed by atoms with van der Waals surface area (Å²) in [6.45, 7) is 2.52. The van der Waals surface area contributed by atoms with Crippen molar-refractivity contribution >= 4 is 5.78 Å². The predicted molar refractivity (Wildman–Crippen MR) is 79.6 cm³/mol. The summed E-state index contributed by atoms with van der Waals surface area (Å²) in [4.78, 5) is 22.4. The van der Waals surface area contributed by atoms with Gasteiger partial charge < -0.3 is 4.74 Å². The molecule has 1 atom stereocenters. The van der Waals surface area contributed by atoms with Crippen molar-refractivity contribution in [2.24, 2.45) is 5.18 Å². The van der Waals surface area contributed by atoms with Crippen LogP contribution in [0, 0.1) is 11.8 Å². The highest BCUT2D eigenvalue weighted by Gasteiger charge is 2.31. The highest BCUT2D eigenvalue weighted by molar-refractivity contribution is 6.04. The van der Waals surface area contributed by atoms with E-state index in [2.05, 4.69) is 5.18 Å². The number of nitrogens with zero attached hydrogens (tertiary/aromatic N) is 1. The summed E-state index contributed by atoms with van der Waals surface area (Å²) in [7, 11) is 0. The number of ether oxygens (including phenoxy) is 1. The number of carbonyl (C=O) groups is 1. The summed E-state index contributed by atoms with van der Waals surface area (Å²) in [6.07, 6.45) is 0.374. The molecule has 0 saturated heterocycles. The van der Waals surface area contributed by atoms with Crippen molar-refractivity contribution < 1.29 is 9.53 Å². The molecular weight excluding hydrogens is 266 g/mol. The van der Waals surface area contributed by atoms with Gasteiger partial charge in [0.25, 0.3) is 0 Å². The van der Waals surface area contributed by atoms with Crippen LogP contribution in [0.5, 0.6) is 5.75 Å². The van der Waals surface area contributed by atoms with E-state index in [0.29, 0.717) is 24.3 Å². The quantitative estimate of drug-likeness (QED) is 0.806. The van der Waals surface area contributed by atoms with Gasteiger partial charge in [-0.15, -0.1) is 0 Å². The minimum Gasteiger partial charge on any atom is -0.489 e. The zero-order valence-electron chi connectivity index (χ0n) is 11.7. The summed E-state index contributed by atoms with van der Waals surface area (Å²) < 4.78 is 5.78. The van der Waals surface area contributed by atoms with Crippen LogP contribution < -0.4 is 4.74 Å². The number of ketones is 1. The Hall–Kier alpha value is -2.49. The van der Waals surface area contributed by atoms with Crippen molar-refractivity contribution in [2.45, 2.75) is 26.0 Å². The Morgan fingerprint density at radius 1 is 1.24 bits per heavy atom. The molecule has 21 heavy (non-hydrogen) atoms. The molecule has 1 aliphatic rings. The standard InChI is InChI=1S/C17H15NO3/c1-11-4-2-3-5-12(11)10-21-14-6-7-15-13(8-14)9-16(18-20)17(15)19/h2-8,16H,9-10H2,1H3. The molecule has 0 aliphatic heterocycles. The largest absolute Gasteiger partial charge is 0.489 e. The number of hydrogen-bond acceptors (Lipinski definition) is 4. The topological polar surface area (TPSA) is 55.7 Å². The van der Waals surface area contributed by atoms with Crippen molar-refractivity contribution in [3.8, 4) is 5.75 Å². The third kappa shape index (κ3) is 2.57. The van der Waals surface area contributed by atoms with E-state index in [1.54, 1.807) is 12.1 Å². The van der Waals surface area contributed by atoms with Crippen LogP contribution in [-0.2, 0) is 13.0 Å². The number of Topliss-reactive ketones (excluding diaryl/α,β-unsaturated/α-hetero) is 1. The average Bonchev–Trinajstić information content (AvgIpc) is 2.82. The predicted octanol–water partition coefficient (Wildman–Crippen LogP) is 3.45. The monoisotopic (exact) mass is 281 g/mol. The molecule has 0 aromatic heterocycles. The van der Waals surface area contributed by atoms with Crippen molar-refractivity contribution in [1.82, 2.24) is 0 Å². The van der Waals surface area contributed by atoms with Gasteiger partial charge in [-0.25, -0.2) is 0 Å². The molecule has 4 heteroatoms. The molecule has 1 unspecified atom stereocenters. The van der Waals surface area contributed by atoms with Crippen LogP contribution in [-0.4, -0.2) is 11.8 Å². The molecule has 0 N–H and O–H groups in total. The van der Waals surface area contributed by atoms with Gasteiger partial charge in [-0.1, -0.05) is 29.4 Å². The normalized spacial score (nSPS) is 16.6. The Morgan fingerprint density at radius 2 is 2.05 bits per heavy atom. The summed E-state index contributed by atoms with van der Waals surface area (Å²) in [6, 6.07) is 12.6. The van der Waals surface area contributed by atoms with E-state index in [1.807, 2.05) is 37.3 Å². The molecule has 1 aliphatic carbocycles. The summed E-state index contributed by atoms with van der Waals surface area (Å²) >= 11 is 0. The number of nitroso groups, excluding NO2 is 1. The maximum absolute atomic E-state index is 11.8. The molecule has 0 radical (unpaired) electrons. The minimum absolute atomic E-state index is 0.189. The van der Waals surface area contributed by atoms with E-state index in [9.17, 15) is 9.70 Å². The number of carbonyl (C=O) groups excluding carboxylic acids is 1. The third-order valence-electron chi connectivity index (χ3n) is 3.84. The number of benzene rings is 2. The van der Waals surface area contributed by atoms with Crippen LogP contribution >= 0.6 is 0 Å². The zero-order valence-corrected chi connectivity index (χ0v) is 11.7. The van der Waals surface area contributed by atoms with Crippen molar-refractivity contribution in [2.75, 3.05) is 0 Å². The Balaban J connectivity index is 1.76. The van der Waals surface area contributed by atoms with E-state index in [4.69, 9.17) is 4.74 Å². The molecule has 0 amide bonds. The van der Waals surface area contributed by atoms with Crippen LogP contribution in [0.2, 0.25) is 0 Å².